The van der Waals surface area contributed by atoms with Crippen molar-refractivity contribution in [3.05, 3.63) is 53.6 Å². The molecule has 2 rings (SSSR count). The highest BCUT2D eigenvalue weighted by atomic mass is 35.5. The summed E-state index contributed by atoms with van der Waals surface area (Å²) in [4.78, 5) is 2.32. The van der Waals surface area contributed by atoms with Crippen LogP contribution in [-0.4, -0.2) is 19.6 Å². The average molecular weight is 313 g/mol. The van der Waals surface area contributed by atoms with Gasteiger partial charge in [-0.25, -0.2) is 0 Å². The molecule has 0 saturated carbocycles. The molecule has 0 saturated heterocycles. The molecule has 0 aliphatic heterocycles. The van der Waals surface area contributed by atoms with Gasteiger partial charge in [0.1, 0.15) is 5.75 Å². The normalized spacial score (nSPS) is 9.47. The zero-order valence-electron chi connectivity index (χ0n) is 11.2. The average Bonchev–Trinajstić information content (AvgIpc) is 2.48. The molecule has 0 radical (unpaired) electrons. The Labute approximate surface area is 128 Å². The molecule has 0 N–H and O–H groups in total. The number of ether oxygens (including phenoxy) is 1. The van der Waals surface area contributed by atoms with Crippen LogP contribution in [0.15, 0.2) is 58.3 Å². The highest BCUT2D eigenvalue weighted by molar-refractivity contribution is 7.99. The van der Waals surface area contributed by atoms with Gasteiger partial charge in [0.25, 0.3) is 0 Å². The van der Waals surface area contributed by atoms with E-state index in [1.807, 2.05) is 61.0 Å². The molecule has 19 heavy (non-hydrogen) atoms. The lowest BCUT2D eigenvalue weighted by atomic mass is 10.3. The van der Waals surface area contributed by atoms with Crippen molar-refractivity contribution in [2.75, 3.05) is 19.6 Å². The highest BCUT2D eigenvalue weighted by Crippen LogP contribution is 2.26. The van der Waals surface area contributed by atoms with Crippen LogP contribution in [0.3, 0.4) is 0 Å². The number of methoxy groups -OCH3 is 1. The highest BCUT2D eigenvalue weighted by Gasteiger charge is 1.96. The summed E-state index contributed by atoms with van der Waals surface area (Å²) >= 11 is 9.16. The molecule has 0 bridgehead atoms. The molecule has 0 aromatic heterocycles. The first-order valence-electron chi connectivity index (χ1n) is 5.68. The first kappa shape index (κ1) is 16.3. The van der Waals surface area contributed by atoms with Gasteiger partial charge in [0.15, 0.2) is 0 Å². The molecule has 0 heterocycles. The summed E-state index contributed by atoms with van der Waals surface area (Å²) in [7, 11) is 1.69. The van der Waals surface area contributed by atoms with Crippen molar-refractivity contribution in [3.63, 3.8) is 0 Å². The van der Waals surface area contributed by atoms with Crippen LogP contribution in [0, 0.1) is 0 Å². The Balaban J connectivity index is 0.000000191. The van der Waals surface area contributed by atoms with Gasteiger partial charge in [-0.1, -0.05) is 35.9 Å². The third-order valence-electron chi connectivity index (χ3n) is 2.35. The topological polar surface area (TPSA) is 9.23 Å². The Kier molecular flexibility index (Phi) is 7.87. The van der Waals surface area contributed by atoms with Gasteiger partial charge in [-0.05, 0) is 36.8 Å². The quantitative estimate of drug-likeness (QED) is 0.695. The number of halogens is 1. The molecule has 0 amide bonds. The predicted molar refractivity (Wildman–Crippen MR) is 88.0 cm³/mol. The van der Waals surface area contributed by atoms with Crippen LogP contribution in [0.2, 0.25) is 5.02 Å². The van der Waals surface area contributed by atoms with Gasteiger partial charge in [0.2, 0.25) is 0 Å². The second-order valence-electron chi connectivity index (χ2n) is 3.49. The molecule has 0 aliphatic carbocycles. The fourth-order valence-corrected chi connectivity index (χ4v) is 2.81. The molecule has 0 atom stereocenters. The maximum atomic E-state index is 5.80. The fourth-order valence-electron chi connectivity index (χ4n) is 1.40. The number of benzene rings is 2. The monoisotopic (exact) mass is 312 g/mol. The molecular weight excluding hydrogens is 296 g/mol. The third kappa shape index (κ3) is 5.39. The standard InChI is InChI=1S/C8H10OS.C7H7ClS/c1-9-7-5-3-4-6-8(7)10-2;1-9-7-5-3-2-4-6(7)8/h3-6H,1-2H3;2-5H,1H3. The number of rotatable bonds is 3. The van der Waals surface area contributed by atoms with Crippen molar-refractivity contribution >= 4 is 35.1 Å². The molecule has 2 aromatic rings. The Hall–Kier alpha value is -0.770. The third-order valence-corrected chi connectivity index (χ3v) is 4.36. The maximum Gasteiger partial charge on any atom is 0.132 e. The fraction of sp³-hybridized carbons (Fsp3) is 0.200. The van der Waals surface area contributed by atoms with E-state index in [1.165, 1.54) is 4.90 Å². The van der Waals surface area contributed by atoms with Crippen LogP contribution in [0.4, 0.5) is 0 Å². The summed E-state index contributed by atoms with van der Waals surface area (Å²) in [5.41, 5.74) is 0. The van der Waals surface area contributed by atoms with Gasteiger partial charge in [0, 0.05) is 9.79 Å². The Morgan fingerprint density at radius 2 is 1.37 bits per heavy atom. The minimum Gasteiger partial charge on any atom is -0.496 e. The zero-order valence-corrected chi connectivity index (χ0v) is 13.6. The maximum absolute atomic E-state index is 5.80. The lowest BCUT2D eigenvalue weighted by Crippen LogP contribution is -1.83. The van der Waals surface area contributed by atoms with Gasteiger partial charge in [0.05, 0.1) is 12.1 Å². The van der Waals surface area contributed by atoms with Gasteiger partial charge in [-0.2, -0.15) is 0 Å². The van der Waals surface area contributed by atoms with Crippen LogP contribution in [0.1, 0.15) is 0 Å². The van der Waals surface area contributed by atoms with Crippen LogP contribution < -0.4 is 4.74 Å². The SMILES string of the molecule is COc1ccccc1SC.CSc1ccccc1Cl. The van der Waals surface area contributed by atoms with E-state index in [1.54, 1.807) is 30.6 Å². The van der Waals surface area contributed by atoms with E-state index in [0.29, 0.717) is 0 Å². The number of hydrogen-bond donors (Lipinski definition) is 0. The van der Waals surface area contributed by atoms with E-state index in [9.17, 15) is 0 Å². The molecule has 0 unspecified atom stereocenters. The second-order valence-corrected chi connectivity index (χ2v) is 5.59. The summed E-state index contributed by atoms with van der Waals surface area (Å²) < 4.78 is 5.12. The van der Waals surface area contributed by atoms with E-state index < -0.39 is 0 Å². The van der Waals surface area contributed by atoms with Gasteiger partial charge in [-0.15, -0.1) is 23.5 Å². The Morgan fingerprint density at radius 1 is 0.842 bits per heavy atom. The second kappa shape index (κ2) is 9.18. The van der Waals surface area contributed by atoms with Gasteiger partial charge in [-0.3, -0.25) is 0 Å². The molecule has 2 aromatic carbocycles. The van der Waals surface area contributed by atoms with Crippen LogP contribution >= 0.6 is 35.1 Å². The van der Waals surface area contributed by atoms with E-state index in [0.717, 1.165) is 15.7 Å². The van der Waals surface area contributed by atoms with Crippen LogP contribution in [-0.2, 0) is 0 Å². The molecule has 0 aliphatic rings. The summed E-state index contributed by atoms with van der Waals surface area (Å²) in [6.07, 6.45) is 4.05. The van der Waals surface area contributed by atoms with E-state index in [4.69, 9.17) is 16.3 Å². The Bertz CT molecular complexity index is 480. The van der Waals surface area contributed by atoms with Crippen molar-refractivity contribution < 1.29 is 4.74 Å². The molecule has 4 heteroatoms. The smallest absolute Gasteiger partial charge is 0.132 e. The number of thioether (sulfide) groups is 2. The number of hydrogen-bond acceptors (Lipinski definition) is 3. The van der Waals surface area contributed by atoms with E-state index >= 15 is 0 Å². The van der Waals surface area contributed by atoms with Gasteiger partial charge < -0.3 is 4.74 Å². The number of para-hydroxylation sites is 1. The van der Waals surface area contributed by atoms with E-state index in [2.05, 4.69) is 0 Å². The van der Waals surface area contributed by atoms with Crippen LogP contribution in [0.5, 0.6) is 5.75 Å². The first-order chi connectivity index (χ1) is 9.22. The molecule has 1 nitrogen and oxygen atoms in total. The van der Waals surface area contributed by atoms with Crippen molar-refractivity contribution in [1.82, 2.24) is 0 Å². The zero-order chi connectivity index (χ0) is 14.1. The molecule has 0 spiro atoms. The lowest BCUT2D eigenvalue weighted by molar-refractivity contribution is 0.405. The van der Waals surface area contributed by atoms with Crippen molar-refractivity contribution in [3.8, 4) is 5.75 Å². The minimum absolute atomic E-state index is 0.838. The van der Waals surface area contributed by atoms with E-state index in [-0.39, 0.29) is 0 Å². The van der Waals surface area contributed by atoms with Crippen molar-refractivity contribution in [2.45, 2.75) is 9.79 Å². The van der Waals surface area contributed by atoms with Crippen LogP contribution in [0.25, 0.3) is 0 Å². The lowest BCUT2D eigenvalue weighted by Gasteiger charge is -2.03. The largest absolute Gasteiger partial charge is 0.496 e. The summed E-state index contributed by atoms with van der Waals surface area (Å²) in [6.45, 7) is 0. The molecule has 102 valence electrons. The first-order valence-corrected chi connectivity index (χ1v) is 8.51. The minimum atomic E-state index is 0.838. The van der Waals surface area contributed by atoms with Crippen molar-refractivity contribution in [1.29, 1.82) is 0 Å². The predicted octanol–water partition coefficient (Wildman–Crippen LogP) is 5.48. The molecule has 0 fully saturated rings. The van der Waals surface area contributed by atoms with Crippen molar-refractivity contribution in [2.24, 2.45) is 0 Å². The summed E-state index contributed by atoms with van der Waals surface area (Å²) in [5.74, 6) is 0.954. The van der Waals surface area contributed by atoms with Gasteiger partial charge >= 0.3 is 0 Å². The Morgan fingerprint density at radius 3 is 1.79 bits per heavy atom. The summed E-state index contributed by atoms with van der Waals surface area (Å²) in [5, 5.41) is 0.838. The molecular formula is C15H17ClOS2. The summed E-state index contributed by atoms with van der Waals surface area (Å²) in [6, 6.07) is 15.8.